The molecule has 0 aromatic carbocycles. The average Bonchev–Trinajstić information content (AvgIpc) is 2.79. The van der Waals surface area contributed by atoms with Gasteiger partial charge in [-0.25, -0.2) is 0 Å². The third kappa shape index (κ3) is 6.41. The Morgan fingerprint density at radius 2 is 1.63 bits per heavy atom. The van der Waals surface area contributed by atoms with Crippen molar-refractivity contribution in [2.75, 3.05) is 88.2 Å². The highest BCUT2D eigenvalue weighted by Crippen LogP contribution is 2.19. The highest BCUT2D eigenvalue weighted by atomic mass is 16.5. The van der Waals surface area contributed by atoms with E-state index >= 15 is 0 Å². The molecule has 30 heavy (non-hydrogen) atoms. The minimum atomic E-state index is 0.523. The second-order valence-electron chi connectivity index (χ2n) is 8.65. The van der Waals surface area contributed by atoms with Gasteiger partial charge in [0.05, 0.1) is 19.9 Å². The number of hydrogen-bond donors (Lipinski definition) is 3. The second-order valence-corrected chi connectivity index (χ2v) is 8.65. The van der Waals surface area contributed by atoms with Crippen molar-refractivity contribution in [3.63, 3.8) is 0 Å². The maximum atomic E-state index is 6.07. The summed E-state index contributed by atoms with van der Waals surface area (Å²) in [6.45, 7) is 10.9. The number of rotatable bonds is 8. The first-order valence-electron chi connectivity index (χ1n) is 11.7. The van der Waals surface area contributed by atoms with Crippen LogP contribution in [-0.2, 0) is 4.74 Å². The Bertz CT molecular complexity index is 640. The fourth-order valence-corrected chi connectivity index (χ4v) is 4.58. The van der Waals surface area contributed by atoms with Crippen LogP contribution < -0.4 is 21.3 Å². The average molecular weight is 419 g/mol. The van der Waals surface area contributed by atoms with Crippen LogP contribution in [0.1, 0.15) is 32.1 Å². The summed E-state index contributed by atoms with van der Waals surface area (Å²) in [4.78, 5) is 16.5. The van der Waals surface area contributed by atoms with Crippen LogP contribution in [0.2, 0.25) is 0 Å². The van der Waals surface area contributed by atoms with Crippen LogP contribution in [0.5, 0.6) is 0 Å². The fraction of sp³-hybridized carbons (Fsp3) is 0.810. The Labute approximate surface area is 180 Å². The van der Waals surface area contributed by atoms with Crippen LogP contribution >= 0.6 is 0 Å². The zero-order valence-corrected chi connectivity index (χ0v) is 18.2. The van der Waals surface area contributed by atoms with E-state index in [1.807, 2.05) is 6.07 Å². The topological polar surface area (TPSA) is 94.8 Å². The third-order valence-corrected chi connectivity index (χ3v) is 6.51. The van der Waals surface area contributed by atoms with Crippen molar-refractivity contribution in [1.82, 2.24) is 25.1 Å². The van der Waals surface area contributed by atoms with Crippen molar-refractivity contribution in [2.45, 2.75) is 38.1 Å². The summed E-state index contributed by atoms with van der Waals surface area (Å²) in [5.41, 5.74) is 6.07. The Morgan fingerprint density at radius 3 is 2.37 bits per heavy atom. The van der Waals surface area contributed by atoms with Gasteiger partial charge in [0.2, 0.25) is 5.95 Å². The zero-order chi connectivity index (χ0) is 20.6. The minimum absolute atomic E-state index is 0.523. The molecule has 2 saturated heterocycles. The smallest absolute Gasteiger partial charge is 0.227 e. The number of nitrogens with two attached hydrogens (primary N) is 1. The summed E-state index contributed by atoms with van der Waals surface area (Å²) < 4.78 is 5.44. The van der Waals surface area contributed by atoms with Crippen molar-refractivity contribution in [3.8, 4) is 0 Å². The van der Waals surface area contributed by atoms with Gasteiger partial charge < -0.3 is 20.7 Å². The van der Waals surface area contributed by atoms with E-state index in [1.165, 1.54) is 32.1 Å². The standard InChI is InChI=1S/C21H38N8O/c22-19-16-20(26-21(25-19)24-17-23-18-4-2-1-3-5-18)29-10-8-27(9-11-29)6-7-28-12-14-30-15-13-28/h16,18,23H,1-15,17H2,(H3,22,24,25,26). The summed E-state index contributed by atoms with van der Waals surface area (Å²) in [6.07, 6.45) is 6.55. The molecular formula is C21H38N8O. The van der Waals surface area contributed by atoms with Gasteiger partial charge in [0.1, 0.15) is 11.6 Å². The number of nitrogens with one attached hydrogen (secondary N) is 2. The molecule has 3 fully saturated rings. The quantitative estimate of drug-likeness (QED) is 0.530. The van der Waals surface area contributed by atoms with E-state index in [0.29, 0.717) is 24.5 Å². The summed E-state index contributed by atoms with van der Waals surface area (Å²) in [5.74, 6) is 2.06. The summed E-state index contributed by atoms with van der Waals surface area (Å²) in [6, 6.07) is 2.50. The van der Waals surface area contributed by atoms with Crippen LogP contribution in [0.15, 0.2) is 6.07 Å². The monoisotopic (exact) mass is 418 g/mol. The van der Waals surface area contributed by atoms with E-state index in [0.717, 1.165) is 71.4 Å². The number of piperazine rings is 1. The lowest BCUT2D eigenvalue weighted by molar-refractivity contribution is 0.0331. The van der Waals surface area contributed by atoms with Gasteiger partial charge in [0.15, 0.2) is 0 Å². The number of nitrogens with zero attached hydrogens (tertiary/aromatic N) is 5. The molecule has 0 atom stereocenters. The normalized spacial score (nSPS) is 22.3. The Hall–Kier alpha value is -1.68. The predicted octanol–water partition coefficient (Wildman–Crippen LogP) is 0.805. The molecule has 0 bridgehead atoms. The van der Waals surface area contributed by atoms with Gasteiger partial charge in [-0.15, -0.1) is 0 Å². The molecule has 0 unspecified atom stereocenters. The third-order valence-electron chi connectivity index (χ3n) is 6.51. The molecular weight excluding hydrogens is 380 g/mol. The molecule has 4 rings (SSSR count). The van der Waals surface area contributed by atoms with Crippen molar-refractivity contribution < 1.29 is 4.74 Å². The number of aromatic nitrogens is 2. The molecule has 0 spiro atoms. The van der Waals surface area contributed by atoms with Gasteiger partial charge in [-0.2, -0.15) is 9.97 Å². The van der Waals surface area contributed by atoms with Gasteiger partial charge >= 0.3 is 0 Å². The molecule has 168 valence electrons. The Balaban J connectivity index is 1.21. The number of nitrogen functional groups attached to an aromatic ring is 1. The van der Waals surface area contributed by atoms with Gasteiger partial charge in [-0.3, -0.25) is 15.1 Å². The van der Waals surface area contributed by atoms with Crippen molar-refractivity contribution in [2.24, 2.45) is 0 Å². The van der Waals surface area contributed by atoms with E-state index in [2.05, 4.69) is 30.3 Å². The first-order valence-corrected chi connectivity index (χ1v) is 11.7. The predicted molar refractivity (Wildman–Crippen MR) is 121 cm³/mol. The maximum absolute atomic E-state index is 6.07. The van der Waals surface area contributed by atoms with E-state index in [9.17, 15) is 0 Å². The van der Waals surface area contributed by atoms with Crippen LogP contribution in [0, 0.1) is 0 Å². The largest absolute Gasteiger partial charge is 0.383 e. The van der Waals surface area contributed by atoms with Crippen molar-refractivity contribution in [3.05, 3.63) is 6.07 Å². The SMILES string of the molecule is Nc1cc(N2CCN(CCN3CCOCC3)CC2)nc(NCNC2CCCCC2)n1. The fourth-order valence-electron chi connectivity index (χ4n) is 4.58. The summed E-state index contributed by atoms with van der Waals surface area (Å²) >= 11 is 0. The molecule has 0 radical (unpaired) electrons. The van der Waals surface area contributed by atoms with Gasteiger partial charge in [-0.1, -0.05) is 19.3 Å². The molecule has 4 N–H and O–H groups in total. The number of ether oxygens (including phenoxy) is 1. The minimum Gasteiger partial charge on any atom is -0.383 e. The molecule has 2 aliphatic heterocycles. The van der Waals surface area contributed by atoms with Gasteiger partial charge in [0.25, 0.3) is 0 Å². The van der Waals surface area contributed by atoms with Crippen molar-refractivity contribution >= 4 is 17.6 Å². The lowest BCUT2D eigenvalue weighted by atomic mass is 9.96. The summed E-state index contributed by atoms with van der Waals surface area (Å²) in [7, 11) is 0. The number of morpholine rings is 1. The van der Waals surface area contributed by atoms with Crippen LogP contribution in [0.4, 0.5) is 17.6 Å². The van der Waals surface area contributed by atoms with Gasteiger partial charge in [0, 0.05) is 64.5 Å². The Morgan fingerprint density at radius 1 is 0.933 bits per heavy atom. The molecule has 1 aliphatic carbocycles. The molecule has 0 amide bonds. The van der Waals surface area contributed by atoms with Crippen LogP contribution in [-0.4, -0.2) is 98.1 Å². The highest BCUT2D eigenvalue weighted by molar-refractivity contribution is 5.51. The first-order chi connectivity index (χ1) is 14.8. The summed E-state index contributed by atoms with van der Waals surface area (Å²) in [5, 5.41) is 6.88. The molecule has 3 heterocycles. The molecule has 1 saturated carbocycles. The zero-order valence-electron chi connectivity index (χ0n) is 18.2. The lowest BCUT2D eigenvalue weighted by Gasteiger charge is -2.37. The van der Waals surface area contributed by atoms with Gasteiger partial charge in [-0.05, 0) is 12.8 Å². The van der Waals surface area contributed by atoms with Crippen molar-refractivity contribution in [1.29, 1.82) is 0 Å². The van der Waals surface area contributed by atoms with Crippen LogP contribution in [0.3, 0.4) is 0 Å². The van der Waals surface area contributed by atoms with E-state index in [-0.39, 0.29) is 0 Å². The second kappa shape index (κ2) is 11.1. The molecule has 9 heteroatoms. The van der Waals surface area contributed by atoms with Crippen LogP contribution in [0.25, 0.3) is 0 Å². The number of anilines is 3. The van der Waals surface area contributed by atoms with E-state index in [1.54, 1.807) is 0 Å². The molecule has 9 nitrogen and oxygen atoms in total. The molecule has 1 aromatic rings. The molecule has 3 aliphatic rings. The number of hydrogen-bond acceptors (Lipinski definition) is 9. The van der Waals surface area contributed by atoms with E-state index in [4.69, 9.17) is 15.5 Å². The van der Waals surface area contributed by atoms with E-state index < -0.39 is 0 Å². The highest BCUT2D eigenvalue weighted by Gasteiger charge is 2.20. The Kier molecular flexibility index (Phi) is 7.96. The maximum Gasteiger partial charge on any atom is 0.227 e. The molecule has 1 aromatic heterocycles. The lowest BCUT2D eigenvalue weighted by Crippen LogP contribution is -2.49. The first kappa shape index (κ1) is 21.5.